The fourth-order valence-corrected chi connectivity index (χ4v) is 2.01. The average molecular weight is 274 g/mol. The quantitative estimate of drug-likeness (QED) is 0.923. The van der Waals surface area contributed by atoms with Gasteiger partial charge in [-0.3, -0.25) is 9.78 Å². The first kappa shape index (κ1) is 14.0. The standard InChI is InChI=1S/C14H18N4O2/c1-8-12(5-11(15)6-16-8)14(19)18(4)7-13-9(2)17-20-10(13)3/h5-6H,7,15H2,1-4H3. The molecule has 6 nitrogen and oxygen atoms in total. The summed E-state index contributed by atoms with van der Waals surface area (Å²) in [5, 5.41) is 3.89. The Morgan fingerprint density at radius 1 is 1.35 bits per heavy atom. The van der Waals surface area contributed by atoms with E-state index in [1.807, 2.05) is 13.8 Å². The lowest BCUT2D eigenvalue weighted by atomic mass is 10.1. The van der Waals surface area contributed by atoms with Crippen LogP contribution in [0.3, 0.4) is 0 Å². The van der Waals surface area contributed by atoms with E-state index in [1.165, 1.54) is 0 Å². The van der Waals surface area contributed by atoms with Crippen molar-refractivity contribution in [1.29, 1.82) is 0 Å². The summed E-state index contributed by atoms with van der Waals surface area (Å²) in [6.45, 7) is 5.92. The van der Waals surface area contributed by atoms with E-state index in [-0.39, 0.29) is 5.91 Å². The molecule has 0 saturated heterocycles. The summed E-state index contributed by atoms with van der Waals surface area (Å²) in [5.41, 5.74) is 9.07. The van der Waals surface area contributed by atoms with Crippen LogP contribution in [-0.2, 0) is 6.54 Å². The minimum absolute atomic E-state index is 0.123. The van der Waals surface area contributed by atoms with Crippen LogP contribution in [0.25, 0.3) is 0 Å². The predicted molar refractivity (Wildman–Crippen MR) is 75.2 cm³/mol. The first-order chi connectivity index (χ1) is 9.40. The number of anilines is 1. The SMILES string of the molecule is Cc1ncc(N)cc1C(=O)N(C)Cc1c(C)noc1C. The van der Waals surface area contributed by atoms with Crippen molar-refractivity contribution in [2.24, 2.45) is 0 Å². The summed E-state index contributed by atoms with van der Waals surface area (Å²) in [5.74, 6) is 0.604. The molecule has 2 rings (SSSR count). The fourth-order valence-electron chi connectivity index (χ4n) is 2.01. The lowest BCUT2D eigenvalue weighted by molar-refractivity contribution is 0.0783. The van der Waals surface area contributed by atoms with Gasteiger partial charge in [-0.15, -0.1) is 0 Å². The average Bonchev–Trinajstić information content (AvgIpc) is 2.72. The van der Waals surface area contributed by atoms with E-state index in [2.05, 4.69) is 10.1 Å². The van der Waals surface area contributed by atoms with Crippen molar-refractivity contribution in [2.75, 3.05) is 12.8 Å². The summed E-state index contributed by atoms with van der Waals surface area (Å²) < 4.78 is 5.10. The zero-order valence-corrected chi connectivity index (χ0v) is 12.1. The first-order valence-corrected chi connectivity index (χ1v) is 6.29. The molecule has 2 N–H and O–H groups in total. The fraction of sp³-hybridized carbons (Fsp3) is 0.357. The van der Waals surface area contributed by atoms with Crippen molar-refractivity contribution in [3.63, 3.8) is 0 Å². The Morgan fingerprint density at radius 3 is 2.65 bits per heavy atom. The number of hydrogen-bond acceptors (Lipinski definition) is 5. The number of aromatic nitrogens is 2. The molecule has 0 spiro atoms. The van der Waals surface area contributed by atoms with Gasteiger partial charge in [-0.2, -0.15) is 0 Å². The third-order valence-electron chi connectivity index (χ3n) is 3.26. The molecule has 2 aromatic heterocycles. The Morgan fingerprint density at radius 2 is 2.05 bits per heavy atom. The number of amides is 1. The second-order valence-corrected chi connectivity index (χ2v) is 4.87. The molecule has 0 aliphatic heterocycles. The summed E-state index contributed by atoms with van der Waals surface area (Å²) in [6, 6.07) is 1.65. The molecule has 0 bridgehead atoms. The van der Waals surface area contributed by atoms with Crippen molar-refractivity contribution in [3.8, 4) is 0 Å². The number of hydrogen-bond donors (Lipinski definition) is 1. The van der Waals surface area contributed by atoms with Crippen LogP contribution >= 0.6 is 0 Å². The van der Waals surface area contributed by atoms with Crippen LogP contribution in [0.1, 0.15) is 33.1 Å². The van der Waals surface area contributed by atoms with Gasteiger partial charge >= 0.3 is 0 Å². The Labute approximate surface area is 117 Å². The van der Waals surface area contributed by atoms with E-state index in [9.17, 15) is 4.79 Å². The van der Waals surface area contributed by atoms with Gasteiger partial charge in [-0.1, -0.05) is 5.16 Å². The van der Waals surface area contributed by atoms with Crippen molar-refractivity contribution in [1.82, 2.24) is 15.0 Å². The molecule has 20 heavy (non-hydrogen) atoms. The Bertz CT molecular complexity index is 629. The van der Waals surface area contributed by atoms with Crippen LogP contribution in [0, 0.1) is 20.8 Å². The second kappa shape index (κ2) is 5.32. The highest BCUT2D eigenvalue weighted by Gasteiger charge is 2.18. The number of nitrogens with zero attached hydrogens (tertiary/aromatic N) is 3. The van der Waals surface area contributed by atoms with Crippen molar-refractivity contribution >= 4 is 11.6 Å². The van der Waals surface area contributed by atoms with Crippen molar-refractivity contribution < 1.29 is 9.32 Å². The zero-order valence-electron chi connectivity index (χ0n) is 12.1. The molecule has 0 aliphatic rings. The first-order valence-electron chi connectivity index (χ1n) is 6.29. The summed E-state index contributed by atoms with van der Waals surface area (Å²) in [6.07, 6.45) is 1.54. The highest BCUT2D eigenvalue weighted by atomic mass is 16.5. The lowest BCUT2D eigenvalue weighted by Crippen LogP contribution is -2.27. The molecule has 106 valence electrons. The van der Waals surface area contributed by atoms with E-state index in [0.717, 1.165) is 17.0 Å². The minimum Gasteiger partial charge on any atom is -0.397 e. The number of carbonyl (C=O) groups is 1. The molecule has 0 radical (unpaired) electrons. The summed E-state index contributed by atoms with van der Waals surface area (Å²) in [4.78, 5) is 18.2. The molecule has 0 fully saturated rings. The van der Waals surface area contributed by atoms with E-state index in [1.54, 1.807) is 31.1 Å². The van der Waals surface area contributed by atoms with Crippen LogP contribution in [-0.4, -0.2) is 28.0 Å². The minimum atomic E-state index is -0.123. The molecule has 0 atom stereocenters. The number of rotatable bonds is 3. The lowest BCUT2D eigenvalue weighted by Gasteiger charge is -2.18. The van der Waals surface area contributed by atoms with Crippen molar-refractivity contribution in [3.05, 3.63) is 40.5 Å². The van der Waals surface area contributed by atoms with Crippen LogP contribution in [0.2, 0.25) is 0 Å². The zero-order chi connectivity index (χ0) is 14.9. The van der Waals surface area contributed by atoms with Gasteiger partial charge in [-0.25, -0.2) is 0 Å². The van der Waals surface area contributed by atoms with Gasteiger partial charge in [0.05, 0.1) is 35.4 Å². The second-order valence-electron chi connectivity index (χ2n) is 4.87. The Balaban J connectivity index is 2.23. The maximum Gasteiger partial charge on any atom is 0.255 e. The van der Waals surface area contributed by atoms with Gasteiger partial charge in [0.15, 0.2) is 0 Å². The van der Waals surface area contributed by atoms with E-state index < -0.39 is 0 Å². The van der Waals surface area contributed by atoms with Crippen LogP contribution in [0.4, 0.5) is 5.69 Å². The number of pyridine rings is 1. The summed E-state index contributed by atoms with van der Waals surface area (Å²) >= 11 is 0. The molecular formula is C14H18N4O2. The predicted octanol–water partition coefficient (Wildman–Crippen LogP) is 1.85. The third kappa shape index (κ3) is 2.64. The highest BCUT2D eigenvalue weighted by Crippen LogP contribution is 2.17. The molecule has 0 saturated carbocycles. The maximum absolute atomic E-state index is 12.4. The molecule has 2 heterocycles. The molecule has 0 unspecified atom stereocenters. The van der Waals surface area contributed by atoms with Gasteiger partial charge in [0.25, 0.3) is 5.91 Å². The monoisotopic (exact) mass is 274 g/mol. The third-order valence-corrected chi connectivity index (χ3v) is 3.26. The van der Waals surface area contributed by atoms with E-state index >= 15 is 0 Å². The number of aryl methyl sites for hydroxylation is 3. The van der Waals surface area contributed by atoms with Gasteiger partial charge in [0, 0.05) is 12.6 Å². The Hall–Kier alpha value is -2.37. The molecule has 1 amide bonds. The number of carbonyl (C=O) groups excluding carboxylic acids is 1. The van der Waals surface area contributed by atoms with E-state index in [0.29, 0.717) is 23.5 Å². The molecular weight excluding hydrogens is 256 g/mol. The number of nitrogens with two attached hydrogens (primary N) is 1. The molecule has 6 heteroatoms. The molecule has 2 aromatic rings. The smallest absolute Gasteiger partial charge is 0.255 e. The van der Waals surface area contributed by atoms with Gasteiger partial charge < -0.3 is 15.2 Å². The number of nitrogen functional groups attached to an aromatic ring is 1. The normalized spacial score (nSPS) is 10.6. The molecule has 0 aliphatic carbocycles. The molecule has 0 aromatic carbocycles. The van der Waals surface area contributed by atoms with Gasteiger partial charge in [-0.05, 0) is 26.8 Å². The van der Waals surface area contributed by atoms with Crippen LogP contribution in [0.15, 0.2) is 16.8 Å². The van der Waals surface area contributed by atoms with Crippen molar-refractivity contribution in [2.45, 2.75) is 27.3 Å². The summed E-state index contributed by atoms with van der Waals surface area (Å²) in [7, 11) is 1.73. The topological polar surface area (TPSA) is 85.2 Å². The highest BCUT2D eigenvalue weighted by molar-refractivity contribution is 5.95. The van der Waals surface area contributed by atoms with Crippen LogP contribution in [0.5, 0.6) is 0 Å². The Kier molecular flexibility index (Phi) is 3.74. The van der Waals surface area contributed by atoms with E-state index in [4.69, 9.17) is 10.3 Å². The van der Waals surface area contributed by atoms with Crippen LogP contribution < -0.4 is 5.73 Å². The van der Waals surface area contributed by atoms with Gasteiger partial charge in [0.1, 0.15) is 5.76 Å². The largest absolute Gasteiger partial charge is 0.397 e. The maximum atomic E-state index is 12.4. The van der Waals surface area contributed by atoms with Gasteiger partial charge in [0.2, 0.25) is 0 Å².